The van der Waals surface area contributed by atoms with Gasteiger partial charge >= 0.3 is 5.97 Å². The maximum absolute atomic E-state index is 10.2. The molecule has 0 amide bonds. The summed E-state index contributed by atoms with van der Waals surface area (Å²) in [5.41, 5.74) is 0.331. The molecule has 24 heavy (non-hydrogen) atoms. The first-order valence-corrected chi connectivity index (χ1v) is 8.71. The highest BCUT2D eigenvalue weighted by Crippen LogP contribution is 1.97. The Labute approximate surface area is 146 Å². The molecule has 0 aliphatic rings. The van der Waals surface area contributed by atoms with Crippen LogP contribution < -0.4 is 0 Å². The van der Waals surface area contributed by atoms with Crippen molar-refractivity contribution in [1.29, 1.82) is 0 Å². The van der Waals surface area contributed by atoms with Gasteiger partial charge in [-0.05, 0) is 25.0 Å². The summed E-state index contributed by atoms with van der Waals surface area (Å²) in [5, 5.41) is 23.6. The molecule has 0 aromatic heterocycles. The first-order chi connectivity index (χ1) is 11.6. The highest BCUT2D eigenvalue weighted by Gasteiger charge is 1.96. The SMILES string of the molecule is CCCCCOCCCCC.O=C(O)c1ccccc1.OCCO. The Morgan fingerprint density at radius 2 is 1.33 bits per heavy atom. The maximum Gasteiger partial charge on any atom is 0.335 e. The van der Waals surface area contributed by atoms with Crippen LogP contribution in [0.1, 0.15) is 62.7 Å². The Balaban J connectivity index is 0. The first kappa shape index (κ1) is 24.8. The number of benzene rings is 1. The molecule has 0 spiro atoms. The van der Waals surface area contributed by atoms with Crippen molar-refractivity contribution >= 4 is 5.97 Å². The minimum atomic E-state index is -0.879. The molecule has 1 rings (SSSR count). The lowest BCUT2D eigenvalue weighted by Gasteiger charge is -2.01. The lowest BCUT2D eigenvalue weighted by atomic mass is 10.2. The average molecular weight is 342 g/mol. The van der Waals surface area contributed by atoms with Gasteiger partial charge in [0.05, 0.1) is 18.8 Å². The van der Waals surface area contributed by atoms with Crippen LogP contribution in [0, 0.1) is 0 Å². The largest absolute Gasteiger partial charge is 0.478 e. The van der Waals surface area contributed by atoms with E-state index in [2.05, 4.69) is 13.8 Å². The van der Waals surface area contributed by atoms with E-state index in [9.17, 15) is 4.79 Å². The zero-order valence-electron chi connectivity index (χ0n) is 15.1. The quantitative estimate of drug-likeness (QED) is 0.564. The number of aliphatic hydroxyl groups excluding tert-OH is 2. The molecule has 0 unspecified atom stereocenters. The number of hydrogen-bond donors (Lipinski definition) is 3. The number of aliphatic hydroxyl groups is 2. The van der Waals surface area contributed by atoms with Gasteiger partial charge in [-0.3, -0.25) is 0 Å². The molecule has 0 aliphatic heterocycles. The zero-order valence-corrected chi connectivity index (χ0v) is 15.1. The van der Waals surface area contributed by atoms with Crippen molar-refractivity contribution < 1.29 is 24.9 Å². The molecule has 0 saturated heterocycles. The lowest BCUT2D eigenvalue weighted by molar-refractivity contribution is 0.0697. The number of aromatic carboxylic acids is 1. The minimum absolute atomic E-state index is 0.125. The van der Waals surface area contributed by atoms with E-state index in [0.717, 1.165) is 13.2 Å². The molecule has 0 atom stereocenters. The number of unbranched alkanes of at least 4 members (excludes halogenated alkanes) is 4. The summed E-state index contributed by atoms with van der Waals surface area (Å²) < 4.78 is 5.44. The van der Waals surface area contributed by atoms with Crippen LogP contribution in [0.3, 0.4) is 0 Å². The molecule has 0 saturated carbocycles. The van der Waals surface area contributed by atoms with Gasteiger partial charge in [0.15, 0.2) is 0 Å². The van der Waals surface area contributed by atoms with Crippen LogP contribution >= 0.6 is 0 Å². The molecule has 5 nitrogen and oxygen atoms in total. The van der Waals surface area contributed by atoms with Gasteiger partial charge in [-0.2, -0.15) is 0 Å². The number of ether oxygens (including phenoxy) is 1. The molecule has 3 N–H and O–H groups in total. The van der Waals surface area contributed by atoms with E-state index in [1.165, 1.54) is 38.5 Å². The summed E-state index contributed by atoms with van der Waals surface area (Å²) in [4.78, 5) is 10.2. The molecule has 1 aromatic carbocycles. The molecular weight excluding hydrogens is 308 g/mol. The van der Waals surface area contributed by atoms with E-state index >= 15 is 0 Å². The van der Waals surface area contributed by atoms with Crippen molar-refractivity contribution in [2.24, 2.45) is 0 Å². The fourth-order valence-corrected chi connectivity index (χ4v) is 1.59. The predicted octanol–water partition coefficient (Wildman–Crippen LogP) is 3.74. The number of carboxylic acids is 1. The van der Waals surface area contributed by atoms with Crippen molar-refractivity contribution in [1.82, 2.24) is 0 Å². The summed E-state index contributed by atoms with van der Waals surface area (Å²) in [5.74, 6) is -0.879. The van der Waals surface area contributed by atoms with Crippen molar-refractivity contribution in [2.45, 2.75) is 52.4 Å². The fraction of sp³-hybridized carbons (Fsp3) is 0.632. The Kier molecular flexibility index (Phi) is 22.3. The van der Waals surface area contributed by atoms with E-state index in [4.69, 9.17) is 20.1 Å². The molecule has 0 heterocycles. The van der Waals surface area contributed by atoms with Gasteiger partial charge in [0.1, 0.15) is 0 Å². The van der Waals surface area contributed by atoms with E-state index in [1.807, 2.05) is 0 Å². The molecule has 140 valence electrons. The summed E-state index contributed by atoms with van der Waals surface area (Å²) in [6.45, 7) is 6.13. The molecule has 0 aliphatic carbocycles. The Hall–Kier alpha value is -1.43. The van der Waals surface area contributed by atoms with E-state index < -0.39 is 5.97 Å². The normalized spacial score (nSPS) is 9.33. The molecule has 5 heteroatoms. The van der Waals surface area contributed by atoms with Crippen LogP contribution in [0.4, 0.5) is 0 Å². The standard InChI is InChI=1S/C10H22O.C7H6O2.C2H6O2/c1-3-5-7-9-11-10-8-6-4-2;8-7(9)6-4-2-1-3-5-6;3-1-2-4/h3-10H2,1-2H3;1-5H,(H,8,9);3-4H,1-2H2. The summed E-state index contributed by atoms with van der Waals surface area (Å²) in [7, 11) is 0. The van der Waals surface area contributed by atoms with Gasteiger partial charge in [-0.25, -0.2) is 4.79 Å². The minimum Gasteiger partial charge on any atom is -0.478 e. The molecule has 1 aromatic rings. The van der Waals surface area contributed by atoms with Crippen LogP contribution in [-0.2, 0) is 4.74 Å². The van der Waals surface area contributed by atoms with Crippen molar-refractivity contribution in [3.8, 4) is 0 Å². The Bertz CT molecular complexity index is 344. The van der Waals surface area contributed by atoms with E-state index in [-0.39, 0.29) is 13.2 Å². The van der Waals surface area contributed by atoms with Crippen molar-refractivity contribution in [3.63, 3.8) is 0 Å². The Morgan fingerprint density at radius 3 is 1.62 bits per heavy atom. The summed E-state index contributed by atoms with van der Waals surface area (Å²) in [6, 6.07) is 8.30. The van der Waals surface area contributed by atoms with Gasteiger partial charge in [-0.15, -0.1) is 0 Å². The van der Waals surface area contributed by atoms with Crippen molar-refractivity contribution in [3.05, 3.63) is 35.9 Å². The average Bonchev–Trinajstić information content (AvgIpc) is 2.62. The zero-order chi connectivity index (χ0) is 18.5. The smallest absolute Gasteiger partial charge is 0.335 e. The molecule has 0 bridgehead atoms. The second-order valence-corrected chi connectivity index (χ2v) is 5.14. The van der Waals surface area contributed by atoms with Crippen LogP contribution in [0.15, 0.2) is 30.3 Å². The fourth-order valence-electron chi connectivity index (χ4n) is 1.59. The third-order valence-corrected chi connectivity index (χ3v) is 2.91. The number of carbonyl (C=O) groups is 1. The third-order valence-electron chi connectivity index (χ3n) is 2.91. The maximum atomic E-state index is 10.2. The third kappa shape index (κ3) is 20.6. The van der Waals surface area contributed by atoms with Crippen LogP contribution in [-0.4, -0.2) is 47.7 Å². The Morgan fingerprint density at radius 1 is 0.875 bits per heavy atom. The monoisotopic (exact) mass is 342 g/mol. The number of rotatable bonds is 10. The highest BCUT2D eigenvalue weighted by atomic mass is 16.5. The molecule has 0 radical (unpaired) electrons. The van der Waals surface area contributed by atoms with Gasteiger partial charge in [0.2, 0.25) is 0 Å². The van der Waals surface area contributed by atoms with Gasteiger partial charge in [0, 0.05) is 13.2 Å². The highest BCUT2D eigenvalue weighted by molar-refractivity contribution is 5.87. The van der Waals surface area contributed by atoms with Gasteiger partial charge in [0.25, 0.3) is 0 Å². The van der Waals surface area contributed by atoms with Crippen molar-refractivity contribution in [2.75, 3.05) is 26.4 Å². The number of carboxylic acid groups (broad SMARTS) is 1. The molecule has 0 fully saturated rings. The second kappa shape index (κ2) is 21.6. The van der Waals surface area contributed by atoms with Crippen LogP contribution in [0.25, 0.3) is 0 Å². The topological polar surface area (TPSA) is 87.0 Å². The van der Waals surface area contributed by atoms with Gasteiger partial charge in [-0.1, -0.05) is 57.7 Å². The van der Waals surface area contributed by atoms with E-state index in [1.54, 1.807) is 30.3 Å². The predicted molar refractivity (Wildman–Crippen MR) is 97.4 cm³/mol. The molecular formula is C19H34O5. The first-order valence-electron chi connectivity index (χ1n) is 8.71. The van der Waals surface area contributed by atoms with Crippen LogP contribution in [0.2, 0.25) is 0 Å². The number of hydrogen-bond acceptors (Lipinski definition) is 4. The van der Waals surface area contributed by atoms with E-state index in [0.29, 0.717) is 5.56 Å². The lowest BCUT2D eigenvalue weighted by Crippen LogP contribution is -1.96. The summed E-state index contributed by atoms with van der Waals surface area (Å²) >= 11 is 0. The van der Waals surface area contributed by atoms with Gasteiger partial charge < -0.3 is 20.1 Å². The summed E-state index contributed by atoms with van der Waals surface area (Å²) in [6.07, 6.45) is 7.68. The second-order valence-electron chi connectivity index (χ2n) is 5.14. The van der Waals surface area contributed by atoms with Crippen LogP contribution in [0.5, 0.6) is 0 Å².